The van der Waals surface area contributed by atoms with Gasteiger partial charge in [-0.2, -0.15) is 5.26 Å². The van der Waals surface area contributed by atoms with Crippen LogP contribution in [0.25, 0.3) is 6.08 Å². The highest BCUT2D eigenvalue weighted by Crippen LogP contribution is 2.35. The number of hydrogen-bond donors (Lipinski definition) is 1. The van der Waals surface area contributed by atoms with E-state index in [4.69, 9.17) is 21.7 Å². The Bertz CT molecular complexity index is 1640. The summed E-state index contributed by atoms with van der Waals surface area (Å²) in [5, 5.41) is 13.1. The lowest BCUT2D eigenvalue weighted by molar-refractivity contribution is -0.122. The molecule has 4 rings (SSSR count). The predicted octanol–water partition coefficient (Wildman–Crippen LogP) is 5.65. The molecule has 1 aliphatic heterocycles. The van der Waals surface area contributed by atoms with Gasteiger partial charge in [-0.3, -0.25) is 19.1 Å². The third kappa shape index (κ3) is 6.50. The van der Waals surface area contributed by atoms with E-state index in [1.807, 2.05) is 31.2 Å². The summed E-state index contributed by atoms with van der Waals surface area (Å²) in [6, 6.07) is 13.7. The van der Waals surface area contributed by atoms with Crippen molar-refractivity contribution in [3.05, 3.63) is 91.4 Å². The minimum atomic E-state index is -0.405. The molecule has 0 bridgehead atoms. The molecule has 8 nitrogen and oxygen atoms in total. The van der Waals surface area contributed by atoms with Crippen molar-refractivity contribution >= 4 is 46.1 Å². The highest BCUT2D eigenvalue weighted by Gasteiger charge is 2.32. The Labute approximate surface area is 253 Å². The number of thioether (sulfide) groups is 1. The SMILES string of the molecule is CCCn1c(NCc2ccc(F)cc2)c(/C=C2/SC(=S)N(CCc3ccc(OC)c(OC)c3)C2=O)c(C)c(C#N)c1=O. The quantitative estimate of drug-likeness (QED) is 0.221. The van der Waals surface area contributed by atoms with E-state index in [9.17, 15) is 19.2 Å². The fraction of sp³-hybridized carbons (Fsp3) is 0.290. The number of carbonyl (C=O) groups excluding carboxylic acids is 1. The van der Waals surface area contributed by atoms with E-state index in [-0.39, 0.29) is 17.3 Å². The molecule has 2 heterocycles. The fourth-order valence-electron chi connectivity index (χ4n) is 4.68. The van der Waals surface area contributed by atoms with Crippen molar-refractivity contribution in [1.82, 2.24) is 9.47 Å². The Hall–Kier alpha value is -4.14. The number of aromatic nitrogens is 1. The molecule has 1 saturated heterocycles. The molecule has 42 heavy (non-hydrogen) atoms. The minimum absolute atomic E-state index is 0.0194. The van der Waals surface area contributed by atoms with Gasteiger partial charge in [0.05, 0.1) is 19.1 Å². The van der Waals surface area contributed by atoms with Gasteiger partial charge in [-0.1, -0.05) is 49.1 Å². The van der Waals surface area contributed by atoms with Gasteiger partial charge in [0.15, 0.2) is 11.5 Å². The zero-order valence-corrected chi connectivity index (χ0v) is 25.5. The number of nitriles is 1. The van der Waals surface area contributed by atoms with E-state index >= 15 is 0 Å². The normalized spacial score (nSPS) is 13.9. The summed E-state index contributed by atoms with van der Waals surface area (Å²) < 4.78 is 26.1. The molecule has 3 aromatic rings. The van der Waals surface area contributed by atoms with Crippen LogP contribution >= 0.6 is 24.0 Å². The second kappa shape index (κ2) is 13.7. The maximum absolute atomic E-state index is 13.5. The molecule has 0 atom stereocenters. The average Bonchev–Trinajstić information content (AvgIpc) is 3.26. The first kappa shape index (κ1) is 30.8. The first-order chi connectivity index (χ1) is 20.2. The van der Waals surface area contributed by atoms with Gasteiger partial charge in [0.1, 0.15) is 27.6 Å². The molecule has 0 saturated carbocycles. The van der Waals surface area contributed by atoms with Crippen LogP contribution in [0.4, 0.5) is 10.2 Å². The number of benzene rings is 2. The van der Waals surface area contributed by atoms with Crippen LogP contribution in [0.15, 0.2) is 52.2 Å². The first-order valence-electron chi connectivity index (χ1n) is 13.3. The number of amides is 1. The van der Waals surface area contributed by atoms with Crippen LogP contribution in [-0.2, 0) is 24.3 Å². The zero-order valence-electron chi connectivity index (χ0n) is 23.8. The van der Waals surface area contributed by atoms with Crippen LogP contribution in [-0.4, -0.2) is 40.5 Å². The van der Waals surface area contributed by atoms with Gasteiger partial charge in [-0.05, 0) is 66.8 Å². The van der Waals surface area contributed by atoms with E-state index in [0.29, 0.717) is 70.1 Å². The zero-order chi connectivity index (χ0) is 30.4. The van der Waals surface area contributed by atoms with Gasteiger partial charge in [0.25, 0.3) is 11.5 Å². The number of pyridine rings is 1. The summed E-state index contributed by atoms with van der Waals surface area (Å²) in [5.41, 5.74) is 2.40. The van der Waals surface area contributed by atoms with Gasteiger partial charge >= 0.3 is 0 Å². The fourth-order valence-corrected chi connectivity index (χ4v) is 5.97. The molecule has 218 valence electrons. The number of halogens is 1. The molecule has 1 amide bonds. The minimum Gasteiger partial charge on any atom is -0.493 e. The second-order valence-corrected chi connectivity index (χ2v) is 11.3. The van der Waals surface area contributed by atoms with E-state index in [2.05, 4.69) is 5.32 Å². The molecule has 2 aromatic carbocycles. The number of rotatable bonds is 11. The number of ether oxygens (including phenoxy) is 2. The maximum atomic E-state index is 13.5. The van der Waals surface area contributed by atoms with Crippen molar-refractivity contribution < 1.29 is 18.7 Å². The highest BCUT2D eigenvalue weighted by atomic mass is 32.2. The molecule has 11 heteroatoms. The molecule has 1 fully saturated rings. The largest absolute Gasteiger partial charge is 0.493 e. The summed E-state index contributed by atoms with van der Waals surface area (Å²) in [5.74, 6) is 1.12. The lowest BCUT2D eigenvalue weighted by Gasteiger charge is -2.20. The summed E-state index contributed by atoms with van der Waals surface area (Å²) in [6.45, 7) is 4.67. The summed E-state index contributed by atoms with van der Waals surface area (Å²) in [4.78, 5) is 28.8. The van der Waals surface area contributed by atoms with Crippen LogP contribution in [0.3, 0.4) is 0 Å². The Morgan fingerprint density at radius 3 is 2.40 bits per heavy atom. The molecule has 0 aliphatic carbocycles. The summed E-state index contributed by atoms with van der Waals surface area (Å²) in [7, 11) is 3.14. The molecule has 0 unspecified atom stereocenters. The standard InChI is InChI=1S/C31H31FN4O4S2/c1-5-13-35-28(34-18-21-6-9-22(32)10-7-21)23(19(2)24(17-33)29(35)37)16-27-30(38)36(31(41)42-27)14-12-20-8-11-25(39-3)26(15-20)40-4/h6-11,15-16,34H,5,12-14,18H2,1-4H3/b27-16+. The lowest BCUT2D eigenvalue weighted by Crippen LogP contribution is -2.30. The predicted molar refractivity (Wildman–Crippen MR) is 167 cm³/mol. The van der Waals surface area contributed by atoms with Crippen molar-refractivity contribution in [2.24, 2.45) is 0 Å². The van der Waals surface area contributed by atoms with Crippen LogP contribution in [0.2, 0.25) is 0 Å². The molecule has 1 aromatic heterocycles. The first-order valence-corrected chi connectivity index (χ1v) is 14.6. The van der Waals surface area contributed by atoms with Crippen molar-refractivity contribution in [2.75, 3.05) is 26.1 Å². The number of nitrogens with one attached hydrogen (secondary N) is 1. The maximum Gasteiger partial charge on any atom is 0.270 e. The molecule has 1 N–H and O–H groups in total. The third-order valence-electron chi connectivity index (χ3n) is 6.92. The van der Waals surface area contributed by atoms with Gasteiger partial charge in [0.2, 0.25) is 0 Å². The van der Waals surface area contributed by atoms with Crippen molar-refractivity contribution in [2.45, 2.75) is 39.8 Å². The lowest BCUT2D eigenvalue weighted by atomic mass is 10.0. The van der Waals surface area contributed by atoms with Crippen LogP contribution in [0, 0.1) is 24.1 Å². The number of nitrogens with zero attached hydrogens (tertiary/aromatic N) is 3. The van der Waals surface area contributed by atoms with Gasteiger partial charge < -0.3 is 14.8 Å². The Morgan fingerprint density at radius 2 is 1.76 bits per heavy atom. The summed E-state index contributed by atoms with van der Waals surface area (Å²) >= 11 is 6.75. The average molecular weight is 607 g/mol. The Morgan fingerprint density at radius 1 is 1.07 bits per heavy atom. The van der Waals surface area contributed by atoms with E-state index < -0.39 is 5.56 Å². The smallest absolute Gasteiger partial charge is 0.270 e. The Balaban J connectivity index is 1.67. The molecule has 0 spiro atoms. The van der Waals surface area contributed by atoms with Gasteiger partial charge in [-0.15, -0.1) is 0 Å². The van der Waals surface area contributed by atoms with E-state index in [1.165, 1.54) is 28.5 Å². The molecule has 0 radical (unpaired) electrons. The highest BCUT2D eigenvalue weighted by molar-refractivity contribution is 8.26. The Kier molecular flexibility index (Phi) is 10.0. The van der Waals surface area contributed by atoms with Crippen LogP contribution in [0.5, 0.6) is 11.5 Å². The number of methoxy groups -OCH3 is 2. The number of anilines is 1. The van der Waals surface area contributed by atoms with Crippen LogP contribution in [0.1, 0.15) is 41.2 Å². The van der Waals surface area contributed by atoms with Crippen LogP contribution < -0.4 is 20.3 Å². The third-order valence-corrected chi connectivity index (χ3v) is 8.29. The van der Waals surface area contributed by atoms with Crippen molar-refractivity contribution in [1.29, 1.82) is 5.26 Å². The van der Waals surface area contributed by atoms with E-state index in [1.54, 1.807) is 44.3 Å². The molecular formula is C31H31FN4O4S2. The topological polar surface area (TPSA) is 96.6 Å². The summed E-state index contributed by atoms with van der Waals surface area (Å²) in [6.07, 6.45) is 2.89. The number of hydrogen-bond acceptors (Lipinski definition) is 8. The van der Waals surface area contributed by atoms with Crippen molar-refractivity contribution in [3.8, 4) is 17.6 Å². The van der Waals surface area contributed by atoms with Crippen molar-refractivity contribution in [3.63, 3.8) is 0 Å². The van der Waals surface area contributed by atoms with E-state index in [0.717, 1.165) is 11.1 Å². The molecule has 1 aliphatic rings. The number of thiocarbonyl (C=S) groups is 1. The number of carbonyl (C=O) groups is 1. The second-order valence-electron chi connectivity index (χ2n) is 9.58. The van der Waals surface area contributed by atoms with Gasteiger partial charge in [-0.25, -0.2) is 4.39 Å². The molecular weight excluding hydrogens is 575 g/mol. The van der Waals surface area contributed by atoms with Gasteiger partial charge in [0, 0.05) is 25.2 Å². The monoisotopic (exact) mass is 606 g/mol.